The molecular weight excluding hydrogens is 372 g/mol. The van der Waals surface area contributed by atoms with E-state index in [1.165, 1.54) is 35.6 Å². The fourth-order valence-electron chi connectivity index (χ4n) is 4.51. The molecule has 3 aromatic rings. The molecule has 0 radical (unpaired) electrons. The summed E-state index contributed by atoms with van der Waals surface area (Å²) in [6, 6.07) is 15.0. The molecule has 0 N–H and O–H groups in total. The Morgan fingerprint density at radius 2 is 1.77 bits per heavy atom. The van der Waals surface area contributed by atoms with Crippen molar-refractivity contribution in [1.82, 2.24) is 0 Å². The maximum absolute atomic E-state index is 11.6. The van der Waals surface area contributed by atoms with Crippen LogP contribution in [0.4, 0.5) is 0 Å². The van der Waals surface area contributed by atoms with Crippen LogP contribution in [0.2, 0.25) is 0 Å². The van der Waals surface area contributed by atoms with Crippen LogP contribution in [0.1, 0.15) is 64.3 Å². The van der Waals surface area contributed by atoms with Crippen molar-refractivity contribution >= 4 is 23.0 Å². The first-order chi connectivity index (χ1) is 14.2. The van der Waals surface area contributed by atoms with Crippen LogP contribution in [0.15, 0.2) is 53.0 Å². The van der Waals surface area contributed by atoms with E-state index >= 15 is 0 Å². The fourth-order valence-corrected chi connectivity index (χ4v) is 4.51. The molecule has 0 saturated carbocycles. The molecule has 0 amide bonds. The topological polar surface area (TPSA) is 39.4 Å². The first-order valence-corrected chi connectivity index (χ1v) is 10.7. The molecule has 1 aromatic heterocycles. The van der Waals surface area contributed by atoms with Gasteiger partial charge in [-0.1, -0.05) is 58.0 Å². The van der Waals surface area contributed by atoms with Gasteiger partial charge < -0.3 is 9.15 Å². The van der Waals surface area contributed by atoms with Crippen molar-refractivity contribution in [2.75, 3.05) is 6.61 Å². The Balaban J connectivity index is 1.78. The first-order valence-electron chi connectivity index (χ1n) is 10.7. The summed E-state index contributed by atoms with van der Waals surface area (Å²) in [7, 11) is 0. The van der Waals surface area contributed by atoms with Gasteiger partial charge in [-0.2, -0.15) is 0 Å². The molecule has 0 saturated heterocycles. The lowest BCUT2D eigenvalue weighted by atomic mass is 9.63. The lowest BCUT2D eigenvalue weighted by molar-refractivity contribution is -0.137. The largest absolute Gasteiger partial charge is 0.463 e. The Hall–Kier alpha value is -2.81. The third kappa shape index (κ3) is 3.69. The zero-order valence-corrected chi connectivity index (χ0v) is 18.5. The van der Waals surface area contributed by atoms with Crippen LogP contribution < -0.4 is 0 Å². The highest BCUT2D eigenvalue weighted by atomic mass is 16.5. The summed E-state index contributed by atoms with van der Waals surface area (Å²) in [5, 5.41) is 1.05. The minimum absolute atomic E-state index is 0.165. The molecule has 30 heavy (non-hydrogen) atoms. The molecule has 156 valence electrons. The molecule has 0 fully saturated rings. The average molecular weight is 403 g/mol. The smallest absolute Gasteiger partial charge is 0.330 e. The Labute approximate surface area is 178 Å². The summed E-state index contributed by atoms with van der Waals surface area (Å²) in [4.78, 5) is 11.6. The molecule has 3 heteroatoms. The molecule has 0 atom stereocenters. The van der Waals surface area contributed by atoms with Gasteiger partial charge in [-0.05, 0) is 71.1 Å². The van der Waals surface area contributed by atoms with Crippen molar-refractivity contribution in [3.8, 4) is 11.1 Å². The van der Waals surface area contributed by atoms with Gasteiger partial charge in [-0.15, -0.1) is 0 Å². The van der Waals surface area contributed by atoms with Crippen molar-refractivity contribution in [3.63, 3.8) is 0 Å². The molecule has 1 aliphatic rings. The summed E-state index contributed by atoms with van der Waals surface area (Å²) in [6.45, 7) is 11.5. The summed E-state index contributed by atoms with van der Waals surface area (Å²) in [6.07, 6.45) is 5.47. The van der Waals surface area contributed by atoms with E-state index in [4.69, 9.17) is 9.15 Å². The van der Waals surface area contributed by atoms with Gasteiger partial charge in [-0.3, -0.25) is 0 Å². The van der Waals surface area contributed by atoms with Crippen molar-refractivity contribution < 1.29 is 13.9 Å². The Morgan fingerprint density at radius 3 is 2.50 bits per heavy atom. The van der Waals surface area contributed by atoms with Gasteiger partial charge in [0.1, 0.15) is 11.3 Å². The molecular formula is C27H30O3. The normalized spacial score (nSPS) is 17.2. The van der Waals surface area contributed by atoms with Crippen molar-refractivity contribution in [2.24, 2.45) is 0 Å². The monoisotopic (exact) mass is 402 g/mol. The molecule has 0 bridgehead atoms. The maximum atomic E-state index is 11.6. The second-order valence-corrected chi connectivity index (χ2v) is 9.48. The number of fused-ring (bicyclic) bond motifs is 2. The van der Waals surface area contributed by atoms with Crippen molar-refractivity contribution in [3.05, 3.63) is 65.4 Å². The average Bonchev–Trinajstić information content (AvgIpc) is 3.13. The van der Waals surface area contributed by atoms with E-state index in [0.29, 0.717) is 12.4 Å². The molecule has 1 heterocycles. The number of carbonyl (C=O) groups is 1. The van der Waals surface area contributed by atoms with Gasteiger partial charge in [0.05, 0.1) is 6.61 Å². The van der Waals surface area contributed by atoms with E-state index in [1.54, 1.807) is 13.0 Å². The van der Waals surface area contributed by atoms with Crippen molar-refractivity contribution in [2.45, 2.75) is 58.3 Å². The van der Waals surface area contributed by atoms with Crippen molar-refractivity contribution in [1.29, 1.82) is 0 Å². The second kappa shape index (κ2) is 7.46. The van der Waals surface area contributed by atoms with Gasteiger partial charge in [0, 0.05) is 11.5 Å². The highest BCUT2D eigenvalue weighted by molar-refractivity contribution is 5.96. The number of furan rings is 1. The highest BCUT2D eigenvalue weighted by Gasteiger charge is 2.37. The van der Waals surface area contributed by atoms with E-state index < -0.39 is 0 Å². The van der Waals surface area contributed by atoms with Gasteiger partial charge >= 0.3 is 5.97 Å². The first kappa shape index (κ1) is 20.5. The van der Waals surface area contributed by atoms with E-state index in [0.717, 1.165) is 16.5 Å². The SMILES string of the molecule is CCOC(=O)C=Cc1cc2c(-c3ccc4c(c3)C(C)(C)CCC4(C)C)cccc2o1. The standard InChI is InChI=1S/C27H30O3/c1-6-29-25(28)13-11-19-17-21-20(8-7-9-24(21)30-19)18-10-12-22-23(16-18)27(4,5)15-14-26(22,2)3/h7-13,16-17H,6,14-15H2,1-5H3. The van der Waals surface area contributed by atoms with Crippen LogP contribution in [0, 0.1) is 0 Å². The number of ether oxygens (including phenoxy) is 1. The van der Waals surface area contributed by atoms with Crippen LogP contribution in [-0.4, -0.2) is 12.6 Å². The number of carbonyl (C=O) groups excluding carboxylic acids is 1. The third-order valence-corrected chi connectivity index (χ3v) is 6.41. The van der Waals surface area contributed by atoms with Gasteiger partial charge in [0.2, 0.25) is 0 Å². The summed E-state index contributed by atoms with van der Waals surface area (Å²) in [5.41, 5.74) is 6.43. The van der Waals surface area contributed by atoms with Gasteiger partial charge in [0.15, 0.2) is 0 Å². The van der Waals surface area contributed by atoms with E-state index in [2.05, 4.69) is 52.0 Å². The Kier molecular flexibility index (Phi) is 5.09. The predicted octanol–water partition coefficient (Wildman–Crippen LogP) is 7.03. The summed E-state index contributed by atoms with van der Waals surface area (Å²) >= 11 is 0. The fraction of sp³-hybridized carbons (Fsp3) is 0.370. The van der Waals surface area contributed by atoms with Crippen LogP contribution in [0.25, 0.3) is 28.2 Å². The van der Waals surface area contributed by atoms with Crippen LogP contribution in [0.5, 0.6) is 0 Å². The summed E-state index contributed by atoms with van der Waals surface area (Å²) < 4.78 is 10.9. The van der Waals surface area contributed by atoms with Crippen LogP contribution in [-0.2, 0) is 20.4 Å². The van der Waals surface area contributed by atoms with E-state index in [1.807, 2.05) is 18.2 Å². The Bertz CT molecular complexity index is 1130. The van der Waals surface area contributed by atoms with Crippen LogP contribution >= 0.6 is 0 Å². The molecule has 0 unspecified atom stereocenters. The van der Waals surface area contributed by atoms with Crippen LogP contribution in [0.3, 0.4) is 0 Å². The van der Waals surface area contributed by atoms with Gasteiger partial charge in [0.25, 0.3) is 0 Å². The number of benzene rings is 2. The zero-order chi connectivity index (χ0) is 21.5. The molecule has 3 nitrogen and oxygen atoms in total. The molecule has 0 aliphatic heterocycles. The van der Waals surface area contributed by atoms with Gasteiger partial charge in [-0.25, -0.2) is 4.79 Å². The lowest BCUT2D eigenvalue weighted by Crippen LogP contribution is -2.33. The minimum atomic E-state index is -0.363. The maximum Gasteiger partial charge on any atom is 0.330 e. The molecule has 1 aliphatic carbocycles. The molecule has 4 rings (SSSR count). The predicted molar refractivity (Wildman–Crippen MR) is 123 cm³/mol. The number of hydrogen-bond acceptors (Lipinski definition) is 3. The molecule has 2 aromatic carbocycles. The highest BCUT2D eigenvalue weighted by Crippen LogP contribution is 2.47. The zero-order valence-electron chi connectivity index (χ0n) is 18.5. The molecule has 0 spiro atoms. The van der Waals surface area contributed by atoms with E-state index in [-0.39, 0.29) is 16.8 Å². The number of esters is 1. The minimum Gasteiger partial charge on any atom is -0.463 e. The number of rotatable bonds is 4. The second-order valence-electron chi connectivity index (χ2n) is 9.48. The Morgan fingerprint density at radius 1 is 1.03 bits per heavy atom. The quantitative estimate of drug-likeness (QED) is 0.347. The summed E-state index contributed by atoms with van der Waals surface area (Å²) in [5.74, 6) is 0.280. The van der Waals surface area contributed by atoms with E-state index in [9.17, 15) is 4.79 Å². The third-order valence-electron chi connectivity index (χ3n) is 6.41. The number of hydrogen-bond donors (Lipinski definition) is 0. The lowest BCUT2D eigenvalue weighted by Gasteiger charge is -2.42.